The molecule has 1 atom stereocenters. The first-order valence-corrected chi connectivity index (χ1v) is 5.74. The molecule has 1 saturated carbocycles. The van der Waals surface area contributed by atoms with Crippen molar-refractivity contribution in [2.24, 2.45) is 17.1 Å². The van der Waals surface area contributed by atoms with E-state index in [2.05, 4.69) is 5.32 Å². The van der Waals surface area contributed by atoms with Gasteiger partial charge in [0.15, 0.2) is 0 Å². The number of hydrogen-bond donors (Lipinski definition) is 2. The number of primary amides is 1. The maximum Gasteiger partial charge on any atom is 0.223 e. The molecule has 1 saturated heterocycles. The van der Waals surface area contributed by atoms with E-state index in [1.54, 1.807) is 0 Å². The van der Waals surface area contributed by atoms with E-state index in [1.807, 2.05) is 0 Å². The molecule has 0 aromatic rings. The monoisotopic (exact) mass is 196 g/mol. The average Bonchev–Trinajstić information content (AvgIpc) is 2.93. The first kappa shape index (κ1) is 9.97. The minimum atomic E-state index is -0.176. The van der Waals surface area contributed by atoms with Crippen molar-refractivity contribution in [3.05, 3.63) is 0 Å². The Hall–Kier alpha value is -0.570. The summed E-state index contributed by atoms with van der Waals surface area (Å²) in [4.78, 5) is 11.6. The van der Waals surface area contributed by atoms with Crippen LogP contribution in [0.5, 0.6) is 0 Å². The third-order valence-electron chi connectivity index (χ3n) is 3.69. The van der Waals surface area contributed by atoms with Gasteiger partial charge in [-0.05, 0) is 44.7 Å². The molecule has 3 N–H and O–H groups in total. The maximum absolute atomic E-state index is 11.6. The third-order valence-corrected chi connectivity index (χ3v) is 3.69. The van der Waals surface area contributed by atoms with Crippen LogP contribution in [0, 0.1) is 11.3 Å². The maximum atomic E-state index is 11.6. The van der Waals surface area contributed by atoms with Crippen molar-refractivity contribution in [2.75, 3.05) is 13.1 Å². The molecule has 1 heterocycles. The van der Waals surface area contributed by atoms with E-state index in [0.717, 1.165) is 44.7 Å². The molecular weight excluding hydrogens is 176 g/mol. The van der Waals surface area contributed by atoms with Crippen LogP contribution in [0.1, 0.15) is 38.5 Å². The Labute approximate surface area is 85.4 Å². The summed E-state index contributed by atoms with van der Waals surface area (Å²) in [5.74, 6) is 0.730. The number of hydrogen-bond acceptors (Lipinski definition) is 2. The molecule has 3 nitrogen and oxygen atoms in total. The van der Waals surface area contributed by atoms with Crippen molar-refractivity contribution in [3.63, 3.8) is 0 Å². The van der Waals surface area contributed by atoms with Crippen LogP contribution in [-0.2, 0) is 4.79 Å². The zero-order chi connectivity index (χ0) is 10.0. The molecular formula is C11H20N2O. The van der Waals surface area contributed by atoms with Gasteiger partial charge in [0.25, 0.3) is 0 Å². The molecule has 2 aliphatic rings. The fourth-order valence-corrected chi connectivity index (χ4v) is 2.56. The van der Waals surface area contributed by atoms with Crippen LogP contribution in [0.25, 0.3) is 0 Å². The number of carbonyl (C=O) groups excluding carboxylic acids is 1. The number of rotatable bonds is 3. The Morgan fingerprint density at radius 3 is 2.79 bits per heavy atom. The Balaban J connectivity index is 2.04. The van der Waals surface area contributed by atoms with Gasteiger partial charge >= 0.3 is 0 Å². The standard InChI is InChI=1S/C11H20N2O/c12-10(14)11(8-9-2-3-9)4-1-6-13-7-5-11/h9,13H,1-8H2,(H2,12,14). The Morgan fingerprint density at radius 1 is 1.36 bits per heavy atom. The van der Waals surface area contributed by atoms with Gasteiger partial charge < -0.3 is 11.1 Å². The highest BCUT2D eigenvalue weighted by molar-refractivity contribution is 5.80. The van der Waals surface area contributed by atoms with Crippen molar-refractivity contribution < 1.29 is 4.79 Å². The molecule has 2 rings (SSSR count). The molecule has 1 aliphatic carbocycles. The number of nitrogens with one attached hydrogen (secondary N) is 1. The van der Waals surface area contributed by atoms with E-state index in [0.29, 0.717) is 0 Å². The molecule has 0 radical (unpaired) electrons. The largest absolute Gasteiger partial charge is 0.369 e. The molecule has 80 valence electrons. The fraction of sp³-hybridized carbons (Fsp3) is 0.909. The Kier molecular flexibility index (Phi) is 2.77. The highest BCUT2D eigenvalue weighted by Crippen LogP contribution is 2.44. The lowest BCUT2D eigenvalue weighted by molar-refractivity contribution is -0.129. The summed E-state index contributed by atoms with van der Waals surface area (Å²) in [6.45, 7) is 2.00. The predicted octanol–water partition coefficient (Wildman–Crippen LogP) is 1.03. The van der Waals surface area contributed by atoms with Gasteiger partial charge in [-0.25, -0.2) is 0 Å². The van der Waals surface area contributed by atoms with Crippen molar-refractivity contribution in [1.29, 1.82) is 0 Å². The van der Waals surface area contributed by atoms with Crippen LogP contribution in [0.2, 0.25) is 0 Å². The van der Waals surface area contributed by atoms with Crippen LogP contribution in [-0.4, -0.2) is 19.0 Å². The summed E-state index contributed by atoms with van der Waals surface area (Å²) in [5, 5.41) is 3.34. The van der Waals surface area contributed by atoms with E-state index in [-0.39, 0.29) is 11.3 Å². The lowest BCUT2D eigenvalue weighted by Gasteiger charge is -2.28. The van der Waals surface area contributed by atoms with E-state index < -0.39 is 0 Å². The summed E-state index contributed by atoms with van der Waals surface area (Å²) in [6, 6.07) is 0. The SMILES string of the molecule is NC(=O)C1(CC2CC2)CCCNCC1. The second kappa shape index (κ2) is 3.89. The number of nitrogens with two attached hydrogens (primary N) is 1. The van der Waals surface area contributed by atoms with Crippen molar-refractivity contribution in [1.82, 2.24) is 5.32 Å². The van der Waals surface area contributed by atoms with Crippen molar-refractivity contribution in [2.45, 2.75) is 38.5 Å². The molecule has 1 amide bonds. The average molecular weight is 196 g/mol. The summed E-state index contributed by atoms with van der Waals surface area (Å²) in [7, 11) is 0. The van der Waals surface area contributed by atoms with Gasteiger partial charge in [0.1, 0.15) is 0 Å². The van der Waals surface area contributed by atoms with Gasteiger partial charge in [0.2, 0.25) is 5.91 Å². The van der Waals surface area contributed by atoms with Crippen molar-refractivity contribution in [3.8, 4) is 0 Å². The summed E-state index contributed by atoms with van der Waals surface area (Å²) in [5.41, 5.74) is 5.41. The lowest BCUT2D eigenvalue weighted by atomic mass is 9.75. The van der Waals surface area contributed by atoms with E-state index in [4.69, 9.17) is 5.73 Å². The first-order valence-electron chi connectivity index (χ1n) is 5.74. The molecule has 1 unspecified atom stereocenters. The molecule has 0 aromatic heterocycles. The number of carbonyl (C=O) groups is 1. The van der Waals surface area contributed by atoms with E-state index >= 15 is 0 Å². The smallest absolute Gasteiger partial charge is 0.223 e. The third kappa shape index (κ3) is 2.08. The topological polar surface area (TPSA) is 55.1 Å². The predicted molar refractivity (Wildman–Crippen MR) is 55.7 cm³/mol. The second-order valence-electron chi connectivity index (χ2n) is 4.90. The van der Waals surface area contributed by atoms with Gasteiger partial charge in [-0.2, -0.15) is 0 Å². The van der Waals surface area contributed by atoms with Gasteiger partial charge in [-0.3, -0.25) is 4.79 Å². The summed E-state index contributed by atoms with van der Waals surface area (Å²) in [6.07, 6.45) is 6.69. The first-order chi connectivity index (χ1) is 6.73. The minimum Gasteiger partial charge on any atom is -0.369 e. The van der Waals surface area contributed by atoms with Crippen LogP contribution in [0.15, 0.2) is 0 Å². The molecule has 0 aromatic carbocycles. The molecule has 14 heavy (non-hydrogen) atoms. The molecule has 0 spiro atoms. The van der Waals surface area contributed by atoms with Crippen LogP contribution in [0.4, 0.5) is 0 Å². The number of amides is 1. The molecule has 2 fully saturated rings. The zero-order valence-corrected chi connectivity index (χ0v) is 8.72. The highest BCUT2D eigenvalue weighted by atomic mass is 16.1. The fourth-order valence-electron chi connectivity index (χ4n) is 2.56. The molecule has 1 aliphatic heterocycles. The minimum absolute atomic E-state index is 0.0619. The van der Waals surface area contributed by atoms with E-state index in [1.165, 1.54) is 12.8 Å². The van der Waals surface area contributed by atoms with Gasteiger partial charge in [0, 0.05) is 0 Å². The quantitative estimate of drug-likeness (QED) is 0.708. The molecule has 3 heteroatoms. The van der Waals surface area contributed by atoms with Crippen molar-refractivity contribution >= 4 is 5.91 Å². The highest BCUT2D eigenvalue weighted by Gasteiger charge is 2.41. The Bertz CT molecular complexity index is 215. The van der Waals surface area contributed by atoms with E-state index in [9.17, 15) is 4.79 Å². The van der Waals surface area contributed by atoms with Gasteiger partial charge in [-0.1, -0.05) is 12.8 Å². The Morgan fingerprint density at radius 2 is 2.14 bits per heavy atom. The van der Waals surface area contributed by atoms with Gasteiger partial charge in [0.05, 0.1) is 5.41 Å². The van der Waals surface area contributed by atoms with Crippen LogP contribution < -0.4 is 11.1 Å². The van der Waals surface area contributed by atoms with Gasteiger partial charge in [-0.15, -0.1) is 0 Å². The summed E-state index contributed by atoms with van der Waals surface area (Å²) < 4.78 is 0. The summed E-state index contributed by atoms with van der Waals surface area (Å²) >= 11 is 0. The van der Waals surface area contributed by atoms with Crippen LogP contribution in [0.3, 0.4) is 0 Å². The lowest BCUT2D eigenvalue weighted by Crippen LogP contribution is -2.38. The normalized spacial score (nSPS) is 33.7. The zero-order valence-electron chi connectivity index (χ0n) is 8.72. The second-order valence-corrected chi connectivity index (χ2v) is 4.90. The molecule has 0 bridgehead atoms. The van der Waals surface area contributed by atoms with Crippen LogP contribution >= 0.6 is 0 Å².